The topological polar surface area (TPSA) is 162 Å². The zero-order valence-electron chi connectivity index (χ0n) is 18.5. The fraction of sp³-hybridized carbons (Fsp3) is 0.273. The van der Waals surface area contributed by atoms with Gasteiger partial charge in [0.15, 0.2) is 0 Å². The van der Waals surface area contributed by atoms with E-state index in [1.807, 2.05) is 0 Å². The first-order valence-electron chi connectivity index (χ1n) is 10.0. The lowest BCUT2D eigenvalue weighted by molar-refractivity contribution is -0.150. The first-order valence-corrected chi connectivity index (χ1v) is 10.0. The molecule has 0 saturated heterocycles. The molecule has 10 nitrogen and oxygen atoms in total. The molecule has 176 valence electrons. The SMILES string of the molecule is CCOC(=O)C(C)(C)C(=N)C(=O)NC(=N)C(N)=CC(NCc1ccccc1F)=C1C=CON1. The number of amides is 1. The third kappa shape index (κ3) is 6.42. The van der Waals surface area contributed by atoms with Crippen molar-refractivity contribution in [1.29, 1.82) is 10.8 Å². The molecule has 0 fully saturated rings. The minimum absolute atomic E-state index is 0.103. The van der Waals surface area contributed by atoms with E-state index in [9.17, 15) is 14.0 Å². The highest BCUT2D eigenvalue weighted by Crippen LogP contribution is 2.19. The summed E-state index contributed by atoms with van der Waals surface area (Å²) < 4.78 is 18.8. The summed E-state index contributed by atoms with van der Waals surface area (Å²) in [5, 5.41) is 21.3. The number of allylic oxidation sites excluding steroid dienone is 2. The van der Waals surface area contributed by atoms with Gasteiger partial charge in [-0.05, 0) is 32.9 Å². The van der Waals surface area contributed by atoms with Crippen LogP contribution < -0.4 is 21.8 Å². The largest absolute Gasteiger partial charge is 0.465 e. The van der Waals surface area contributed by atoms with Crippen LogP contribution in [0.1, 0.15) is 26.3 Å². The summed E-state index contributed by atoms with van der Waals surface area (Å²) >= 11 is 0. The summed E-state index contributed by atoms with van der Waals surface area (Å²) in [7, 11) is 0. The first-order chi connectivity index (χ1) is 15.6. The minimum Gasteiger partial charge on any atom is -0.465 e. The molecular weight excluding hydrogens is 431 g/mol. The molecule has 0 unspecified atom stereocenters. The maximum atomic E-state index is 13.9. The van der Waals surface area contributed by atoms with E-state index in [1.165, 1.54) is 32.3 Å². The molecule has 2 rings (SSSR count). The van der Waals surface area contributed by atoms with E-state index in [-0.39, 0.29) is 24.7 Å². The number of nitrogens with two attached hydrogens (primary N) is 1. The van der Waals surface area contributed by atoms with Gasteiger partial charge in [0.1, 0.15) is 29.0 Å². The van der Waals surface area contributed by atoms with Crippen LogP contribution in [0.15, 0.2) is 59.8 Å². The number of esters is 1. The normalized spacial score (nSPS) is 14.6. The van der Waals surface area contributed by atoms with E-state index in [0.717, 1.165) is 0 Å². The number of rotatable bonds is 9. The van der Waals surface area contributed by atoms with Crippen molar-refractivity contribution >= 4 is 23.4 Å². The summed E-state index contributed by atoms with van der Waals surface area (Å²) in [5.41, 5.74) is 7.58. The van der Waals surface area contributed by atoms with Gasteiger partial charge in [-0.1, -0.05) is 18.2 Å². The molecule has 0 aromatic heterocycles. The molecule has 0 bridgehead atoms. The average Bonchev–Trinajstić information content (AvgIpc) is 3.31. The molecule has 33 heavy (non-hydrogen) atoms. The van der Waals surface area contributed by atoms with Gasteiger partial charge in [0.25, 0.3) is 5.91 Å². The Hall–Kier alpha value is -4.15. The van der Waals surface area contributed by atoms with E-state index >= 15 is 0 Å². The summed E-state index contributed by atoms with van der Waals surface area (Å²) in [6.45, 7) is 4.59. The predicted molar refractivity (Wildman–Crippen MR) is 120 cm³/mol. The quantitative estimate of drug-likeness (QED) is 0.186. The highest BCUT2D eigenvalue weighted by molar-refractivity contribution is 6.45. The summed E-state index contributed by atoms with van der Waals surface area (Å²) in [5.74, 6) is -2.58. The van der Waals surface area contributed by atoms with Gasteiger partial charge in [-0.2, -0.15) is 0 Å². The van der Waals surface area contributed by atoms with Gasteiger partial charge >= 0.3 is 5.97 Å². The van der Waals surface area contributed by atoms with Crippen molar-refractivity contribution in [3.8, 4) is 0 Å². The Morgan fingerprint density at radius 2 is 2.00 bits per heavy atom. The van der Waals surface area contributed by atoms with Crippen LogP contribution in [0.2, 0.25) is 0 Å². The fourth-order valence-corrected chi connectivity index (χ4v) is 2.61. The number of benzene rings is 1. The van der Waals surface area contributed by atoms with Crippen LogP contribution in [0, 0.1) is 22.1 Å². The number of hydroxylamine groups is 1. The third-order valence-electron chi connectivity index (χ3n) is 4.65. The minimum atomic E-state index is -1.51. The van der Waals surface area contributed by atoms with Gasteiger partial charge in [-0.3, -0.25) is 20.4 Å². The molecular formula is C22H27FN6O4. The van der Waals surface area contributed by atoms with Crippen molar-refractivity contribution in [3.63, 3.8) is 0 Å². The van der Waals surface area contributed by atoms with Gasteiger partial charge in [0.2, 0.25) is 0 Å². The Kier molecular flexibility index (Phi) is 8.32. The first kappa shape index (κ1) is 25.1. The number of ether oxygens (including phenoxy) is 1. The maximum Gasteiger partial charge on any atom is 0.317 e. The monoisotopic (exact) mass is 458 g/mol. The van der Waals surface area contributed by atoms with Crippen LogP contribution in [0.4, 0.5) is 4.39 Å². The Bertz CT molecular complexity index is 1050. The molecule has 1 aliphatic rings. The Morgan fingerprint density at radius 3 is 2.61 bits per heavy atom. The van der Waals surface area contributed by atoms with E-state index in [2.05, 4.69) is 16.1 Å². The highest BCUT2D eigenvalue weighted by atomic mass is 19.1. The summed E-state index contributed by atoms with van der Waals surface area (Å²) in [6, 6.07) is 6.23. The number of hydrogen-bond donors (Lipinski definition) is 6. The molecule has 0 atom stereocenters. The lowest BCUT2D eigenvalue weighted by atomic mass is 9.87. The van der Waals surface area contributed by atoms with Gasteiger partial charge in [0, 0.05) is 18.2 Å². The van der Waals surface area contributed by atoms with Crippen LogP contribution in [0.5, 0.6) is 0 Å². The number of amidine groups is 1. The van der Waals surface area contributed by atoms with E-state index in [4.69, 9.17) is 26.1 Å². The fourth-order valence-electron chi connectivity index (χ4n) is 2.61. The van der Waals surface area contributed by atoms with Crippen LogP contribution in [-0.2, 0) is 25.7 Å². The highest BCUT2D eigenvalue weighted by Gasteiger charge is 2.38. The molecule has 0 saturated carbocycles. The zero-order valence-corrected chi connectivity index (χ0v) is 18.5. The predicted octanol–water partition coefficient (Wildman–Crippen LogP) is 1.72. The summed E-state index contributed by atoms with van der Waals surface area (Å²) in [4.78, 5) is 29.4. The number of halogens is 1. The second-order valence-corrected chi connectivity index (χ2v) is 7.44. The van der Waals surface area contributed by atoms with E-state index in [1.54, 1.807) is 31.2 Å². The Labute approximate surface area is 190 Å². The number of carbonyl (C=O) groups is 2. The molecule has 1 aliphatic heterocycles. The Morgan fingerprint density at radius 1 is 1.30 bits per heavy atom. The summed E-state index contributed by atoms with van der Waals surface area (Å²) in [6.07, 6.45) is 4.33. The lowest BCUT2D eigenvalue weighted by Gasteiger charge is -2.22. The van der Waals surface area contributed by atoms with Crippen LogP contribution >= 0.6 is 0 Å². The molecule has 1 aromatic rings. The van der Waals surface area contributed by atoms with Crippen molar-refractivity contribution in [3.05, 3.63) is 71.2 Å². The van der Waals surface area contributed by atoms with Gasteiger partial charge < -0.3 is 25.9 Å². The number of nitrogens with one attached hydrogen (secondary N) is 5. The van der Waals surface area contributed by atoms with Gasteiger partial charge in [-0.25, -0.2) is 9.87 Å². The second kappa shape index (κ2) is 10.9. The van der Waals surface area contributed by atoms with Crippen molar-refractivity contribution < 1.29 is 23.6 Å². The van der Waals surface area contributed by atoms with Gasteiger partial charge in [-0.15, -0.1) is 0 Å². The molecule has 0 spiro atoms. The van der Waals surface area contributed by atoms with Crippen molar-refractivity contribution in [2.24, 2.45) is 11.1 Å². The van der Waals surface area contributed by atoms with Crippen molar-refractivity contribution in [1.82, 2.24) is 16.1 Å². The molecule has 1 aromatic carbocycles. The third-order valence-corrected chi connectivity index (χ3v) is 4.65. The molecule has 11 heteroatoms. The van der Waals surface area contributed by atoms with Crippen molar-refractivity contribution in [2.75, 3.05) is 6.61 Å². The second-order valence-electron chi connectivity index (χ2n) is 7.44. The zero-order chi connectivity index (χ0) is 24.6. The average molecular weight is 458 g/mol. The van der Waals surface area contributed by atoms with E-state index < -0.39 is 28.8 Å². The standard InChI is InChI=1S/C22H27FN6O4/c1-4-32-21(31)22(2,3)18(25)20(30)28-19(26)15(24)11-17(16-9-10-33-29-16)27-12-13-7-5-6-8-14(13)23/h5-11,25,27,29H,4,12,24H2,1-3H3,(H2,26,28,30). The van der Waals surface area contributed by atoms with Gasteiger partial charge in [0.05, 0.1) is 23.7 Å². The van der Waals surface area contributed by atoms with E-state index in [0.29, 0.717) is 17.0 Å². The molecule has 1 heterocycles. The molecule has 0 radical (unpaired) electrons. The number of carbonyl (C=O) groups excluding carboxylic acids is 2. The molecule has 0 aliphatic carbocycles. The Balaban J connectivity index is 2.15. The molecule has 1 amide bonds. The van der Waals surface area contributed by atoms with Crippen LogP contribution in [0.25, 0.3) is 0 Å². The molecule has 7 N–H and O–H groups in total. The number of hydrogen-bond acceptors (Lipinski definition) is 9. The maximum absolute atomic E-state index is 13.9. The van der Waals surface area contributed by atoms with Crippen molar-refractivity contribution in [2.45, 2.75) is 27.3 Å². The lowest BCUT2D eigenvalue weighted by Crippen LogP contribution is -2.46. The van der Waals surface area contributed by atoms with Crippen LogP contribution in [0.3, 0.4) is 0 Å². The smallest absolute Gasteiger partial charge is 0.317 e. The van der Waals surface area contributed by atoms with Crippen LogP contribution in [-0.4, -0.2) is 30.0 Å².